The normalized spacial score (nSPS) is 14.0. The summed E-state index contributed by atoms with van der Waals surface area (Å²) < 4.78 is 19.8. The van der Waals surface area contributed by atoms with E-state index in [0.29, 0.717) is 16.9 Å². The fraction of sp³-hybridized carbons (Fsp3) is 0.421. The molecule has 0 radical (unpaired) electrons. The molecule has 1 fully saturated rings. The molecular formula is C19H24FN5O. The van der Waals surface area contributed by atoms with Crippen molar-refractivity contribution in [3.63, 3.8) is 0 Å². The molecule has 1 aliphatic heterocycles. The van der Waals surface area contributed by atoms with Gasteiger partial charge in [-0.3, -0.25) is 5.41 Å². The van der Waals surface area contributed by atoms with E-state index in [9.17, 15) is 4.39 Å². The number of hydrogen-bond acceptors (Lipinski definition) is 6. The number of benzene rings is 1. The van der Waals surface area contributed by atoms with Crippen LogP contribution in [0.1, 0.15) is 37.9 Å². The van der Waals surface area contributed by atoms with E-state index in [1.165, 1.54) is 12.4 Å². The number of aromatic nitrogens is 2. The number of nitrogens with one attached hydrogen (secondary N) is 2. The molecule has 0 atom stereocenters. The van der Waals surface area contributed by atoms with Crippen LogP contribution in [0.3, 0.4) is 0 Å². The van der Waals surface area contributed by atoms with Gasteiger partial charge in [0.25, 0.3) is 0 Å². The minimum Gasteiger partial charge on any atom is -0.488 e. The fourth-order valence-corrected chi connectivity index (χ4v) is 3.05. The van der Waals surface area contributed by atoms with Crippen molar-refractivity contribution in [2.24, 2.45) is 0 Å². The molecule has 0 unspecified atom stereocenters. The van der Waals surface area contributed by atoms with E-state index in [-0.39, 0.29) is 17.6 Å². The molecule has 1 aromatic carbocycles. The Morgan fingerprint density at radius 1 is 1.23 bits per heavy atom. The maximum absolute atomic E-state index is 14.2. The number of rotatable bonds is 6. The Hall–Kier alpha value is -2.70. The van der Waals surface area contributed by atoms with E-state index >= 15 is 0 Å². The zero-order valence-corrected chi connectivity index (χ0v) is 15.3. The third-order valence-corrected chi connectivity index (χ3v) is 4.31. The number of halogens is 1. The summed E-state index contributed by atoms with van der Waals surface area (Å²) >= 11 is 0. The molecule has 0 saturated carbocycles. The lowest BCUT2D eigenvalue weighted by Crippen LogP contribution is -2.20. The summed E-state index contributed by atoms with van der Waals surface area (Å²) in [6, 6.07) is 4.73. The van der Waals surface area contributed by atoms with Crippen molar-refractivity contribution in [2.75, 3.05) is 30.4 Å². The topological polar surface area (TPSA) is 74.1 Å². The van der Waals surface area contributed by atoms with E-state index in [1.54, 1.807) is 13.1 Å². The van der Waals surface area contributed by atoms with Crippen molar-refractivity contribution in [2.45, 2.75) is 32.8 Å². The highest BCUT2D eigenvalue weighted by molar-refractivity contribution is 6.13. The monoisotopic (exact) mass is 357 g/mol. The largest absolute Gasteiger partial charge is 0.488 e. The molecule has 0 aliphatic carbocycles. The summed E-state index contributed by atoms with van der Waals surface area (Å²) in [6.07, 6.45) is 3.61. The zero-order chi connectivity index (χ0) is 18.7. The van der Waals surface area contributed by atoms with Gasteiger partial charge in [-0.1, -0.05) is 0 Å². The molecule has 1 aliphatic rings. The summed E-state index contributed by atoms with van der Waals surface area (Å²) in [5.74, 6) is 0.497. The van der Waals surface area contributed by atoms with Gasteiger partial charge in [-0.15, -0.1) is 0 Å². The van der Waals surface area contributed by atoms with Crippen LogP contribution in [0, 0.1) is 11.2 Å². The molecule has 2 aromatic rings. The van der Waals surface area contributed by atoms with Crippen LogP contribution < -0.4 is 15.0 Å². The summed E-state index contributed by atoms with van der Waals surface area (Å²) in [7, 11) is 1.70. The summed E-state index contributed by atoms with van der Waals surface area (Å²) in [5.41, 5.74) is 1.76. The minimum absolute atomic E-state index is 0.132. The zero-order valence-electron chi connectivity index (χ0n) is 15.3. The van der Waals surface area contributed by atoms with Crippen molar-refractivity contribution >= 4 is 17.2 Å². The Bertz CT molecular complexity index is 803. The van der Waals surface area contributed by atoms with E-state index in [4.69, 9.17) is 10.1 Å². The Labute approximate surface area is 152 Å². The average molecular weight is 357 g/mol. The van der Waals surface area contributed by atoms with E-state index in [1.807, 2.05) is 19.9 Å². The van der Waals surface area contributed by atoms with Gasteiger partial charge >= 0.3 is 0 Å². The number of anilines is 2. The minimum atomic E-state index is -0.458. The van der Waals surface area contributed by atoms with Gasteiger partial charge in [-0.05, 0) is 32.8 Å². The molecule has 26 heavy (non-hydrogen) atoms. The molecule has 2 heterocycles. The van der Waals surface area contributed by atoms with Gasteiger partial charge in [-0.2, -0.15) is 0 Å². The van der Waals surface area contributed by atoms with Crippen LogP contribution in [-0.2, 0) is 0 Å². The molecule has 138 valence electrons. The van der Waals surface area contributed by atoms with Crippen molar-refractivity contribution in [1.82, 2.24) is 9.97 Å². The van der Waals surface area contributed by atoms with Gasteiger partial charge in [0.2, 0.25) is 0 Å². The predicted molar refractivity (Wildman–Crippen MR) is 101 cm³/mol. The lowest BCUT2D eigenvalue weighted by molar-refractivity contribution is 0.231. The van der Waals surface area contributed by atoms with Crippen LogP contribution >= 0.6 is 0 Å². The second-order valence-corrected chi connectivity index (χ2v) is 6.58. The number of hydrogen-bond donors (Lipinski definition) is 2. The van der Waals surface area contributed by atoms with E-state index < -0.39 is 5.82 Å². The molecule has 0 bridgehead atoms. The van der Waals surface area contributed by atoms with Crippen LogP contribution in [0.5, 0.6) is 5.75 Å². The molecule has 1 saturated heterocycles. The highest BCUT2D eigenvalue weighted by Gasteiger charge is 2.19. The fourth-order valence-electron chi connectivity index (χ4n) is 3.05. The average Bonchev–Trinajstić information content (AvgIpc) is 3.17. The molecule has 6 nitrogen and oxygen atoms in total. The first-order chi connectivity index (χ1) is 12.5. The van der Waals surface area contributed by atoms with Crippen molar-refractivity contribution in [3.05, 3.63) is 41.6 Å². The van der Waals surface area contributed by atoms with Crippen LogP contribution in [0.2, 0.25) is 0 Å². The SMILES string of the molecule is CNc1cc(F)c(OC(C)C)cc1C(=N)c1cc(N2CCCC2)ncn1. The summed E-state index contributed by atoms with van der Waals surface area (Å²) in [4.78, 5) is 10.8. The first-order valence-electron chi connectivity index (χ1n) is 8.84. The predicted octanol–water partition coefficient (Wildman–Crippen LogP) is 3.46. The van der Waals surface area contributed by atoms with Crippen molar-refractivity contribution in [3.8, 4) is 5.75 Å². The maximum atomic E-state index is 14.2. The Morgan fingerprint density at radius 3 is 2.62 bits per heavy atom. The van der Waals surface area contributed by atoms with Crippen molar-refractivity contribution < 1.29 is 9.13 Å². The molecule has 2 N–H and O–H groups in total. The summed E-state index contributed by atoms with van der Waals surface area (Å²) in [5, 5.41) is 11.6. The van der Waals surface area contributed by atoms with Crippen LogP contribution in [-0.4, -0.2) is 41.9 Å². The van der Waals surface area contributed by atoms with Crippen LogP contribution in [0.25, 0.3) is 0 Å². The van der Waals surface area contributed by atoms with Gasteiger partial charge in [0.05, 0.1) is 17.5 Å². The Kier molecular flexibility index (Phi) is 5.35. The first-order valence-corrected chi connectivity index (χ1v) is 8.84. The first kappa shape index (κ1) is 18.1. The molecule has 1 aromatic heterocycles. The van der Waals surface area contributed by atoms with E-state index in [0.717, 1.165) is 31.7 Å². The van der Waals surface area contributed by atoms with Crippen LogP contribution in [0.15, 0.2) is 24.5 Å². The van der Waals surface area contributed by atoms with Gasteiger partial charge < -0.3 is 15.0 Å². The molecule has 0 spiro atoms. The lowest BCUT2D eigenvalue weighted by atomic mass is 10.0. The number of nitrogens with zero attached hydrogens (tertiary/aromatic N) is 3. The van der Waals surface area contributed by atoms with E-state index in [2.05, 4.69) is 20.2 Å². The third kappa shape index (κ3) is 3.76. The quantitative estimate of drug-likeness (QED) is 0.775. The van der Waals surface area contributed by atoms with Gasteiger partial charge in [0.15, 0.2) is 11.6 Å². The van der Waals surface area contributed by atoms with Gasteiger partial charge in [0.1, 0.15) is 12.1 Å². The highest BCUT2D eigenvalue weighted by Crippen LogP contribution is 2.29. The van der Waals surface area contributed by atoms with Crippen molar-refractivity contribution in [1.29, 1.82) is 5.41 Å². The standard InChI is InChI=1S/C19H24FN5O/c1-12(2)26-17-8-13(15(22-3)9-14(17)20)19(21)16-10-18(24-11-23-16)25-6-4-5-7-25/h8-12,21-22H,4-7H2,1-3H3. The lowest BCUT2D eigenvalue weighted by Gasteiger charge is -2.18. The third-order valence-electron chi connectivity index (χ3n) is 4.31. The highest BCUT2D eigenvalue weighted by atomic mass is 19.1. The molecular weight excluding hydrogens is 333 g/mol. The molecule has 0 amide bonds. The Balaban J connectivity index is 1.97. The number of ether oxygens (including phenoxy) is 1. The second kappa shape index (κ2) is 7.68. The maximum Gasteiger partial charge on any atom is 0.167 e. The Morgan fingerprint density at radius 2 is 1.96 bits per heavy atom. The van der Waals surface area contributed by atoms with Crippen LogP contribution in [0.4, 0.5) is 15.9 Å². The molecule has 7 heteroatoms. The van der Waals surface area contributed by atoms with Gasteiger partial charge in [-0.25, -0.2) is 14.4 Å². The second-order valence-electron chi connectivity index (χ2n) is 6.58. The molecule has 3 rings (SSSR count). The van der Waals surface area contributed by atoms with Gasteiger partial charge in [0, 0.05) is 43.5 Å². The summed E-state index contributed by atoms with van der Waals surface area (Å²) in [6.45, 7) is 5.61. The smallest absolute Gasteiger partial charge is 0.167 e.